The zero-order valence-electron chi connectivity index (χ0n) is 5.81. The van der Waals surface area contributed by atoms with Gasteiger partial charge in [-0.3, -0.25) is 0 Å². The van der Waals surface area contributed by atoms with E-state index in [1.807, 2.05) is 6.92 Å². The van der Waals surface area contributed by atoms with Crippen LogP contribution in [0.1, 0.15) is 20.3 Å². The van der Waals surface area contributed by atoms with E-state index in [0.29, 0.717) is 6.61 Å². The normalized spacial score (nSPS) is 8.67. The van der Waals surface area contributed by atoms with E-state index in [1.165, 1.54) is 6.54 Å². The molecule has 0 saturated carbocycles. The Balaban J connectivity index is 3.06. The van der Waals surface area contributed by atoms with Crippen LogP contribution < -0.4 is 5.32 Å². The zero-order chi connectivity index (χ0) is 7.11. The van der Waals surface area contributed by atoms with Crippen LogP contribution in [0.4, 0.5) is 4.79 Å². The molecule has 3 nitrogen and oxygen atoms in total. The molecule has 0 aromatic rings. The maximum atomic E-state index is 10.4. The van der Waals surface area contributed by atoms with Crippen molar-refractivity contribution < 1.29 is 9.53 Å². The van der Waals surface area contributed by atoms with E-state index in [4.69, 9.17) is 0 Å². The summed E-state index contributed by atoms with van der Waals surface area (Å²) < 4.78 is 4.65. The topological polar surface area (TPSA) is 38.3 Å². The van der Waals surface area contributed by atoms with Crippen molar-refractivity contribution >= 4 is 6.09 Å². The molecular formula is C6H12NO2. The minimum absolute atomic E-state index is 0.376. The third-order valence-electron chi connectivity index (χ3n) is 0.699. The van der Waals surface area contributed by atoms with Gasteiger partial charge >= 0.3 is 6.09 Å². The first kappa shape index (κ1) is 8.27. The fourth-order valence-corrected chi connectivity index (χ4v) is 0.354. The van der Waals surface area contributed by atoms with Gasteiger partial charge in [-0.25, -0.2) is 4.79 Å². The van der Waals surface area contributed by atoms with Crippen LogP contribution in [0.25, 0.3) is 0 Å². The van der Waals surface area contributed by atoms with Crippen LogP contribution in [0.3, 0.4) is 0 Å². The number of carbonyl (C=O) groups excluding carboxylic acids is 1. The molecule has 0 aliphatic rings. The summed E-state index contributed by atoms with van der Waals surface area (Å²) in [5, 5.41) is 2.39. The summed E-state index contributed by atoms with van der Waals surface area (Å²) in [6.45, 7) is 5.70. The Morgan fingerprint density at radius 2 is 2.44 bits per heavy atom. The van der Waals surface area contributed by atoms with Crippen molar-refractivity contribution in [3.8, 4) is 0 Å². The van der Waals surface area contributed by atoms with Gasteiger partial charge in [0.15, 0.2) is 0 Å². The number of alkyl carbamates (subject to hydrolysis) is 1. The maximum absolute atomic E-state index is 10.4. The molecule has 0 atom stereocenters. The molecule has 0 spiro atoms. The molecule has 9 heavy (non-hydrogen) atoms. The van der Waals surface area contributed by atoms with Gasteiger partial charge in [0.25, 0.3) is 0 Å². The van der Waals surface area contributed by atoms with Crippen LogP contribution in [-0.2, 0) is 4.74 Å². The smallest absolute Gasteiger partial charge is 0.407 e. The summed E-state index contributed by atoms with van der Waals surface area (Å²) in [5.41, 5.74) is 0. The van der Waals surface area contributed by atoms with E-state index >= 15 is 0 Å². The van der Waals surface area contributed by atoms with Crippen molar-refractivity contribution in [3.63, 3.8) is 0 Å². The number of carbonyl (C=O) groups is 1. The number of hydrogen-bond acceptors (Lipinski definition) is 2. The molecule has 0 unspecified atom stereocenters. The standard InChI is InChI=1S/C6H12NO2/c1-3-5-9-6(8)7-4-2/h4H,3,5H2,1-2H3,(H,7,8). The van der Waals surface area contributed by atoms with Crippen LogP contribution in [0.2, 0.25) is 0 Å². The molecule has 0 aromatic carbocycles. The molecule has 0 rings (SSSR count). The minimum Gasteiger partial charge on any atom is -0.450 e. The Bertz CT molecular complexity index is 83.1. The molecule has 0 aliphatic heterocycles. The molecule has 1 amide bonds. The van der Waals surface area contributed by atoms with Gasteiger partial charge in [0, 0.05) is 6.54 Å². The van der Waals surface area contributed by atoms with Crippen LogP contribution in [0.5, 0.6) is 0 Å². The first-order valence-electron chi connectivity index (χ1n) is 3.02. The molecule has 0 aliphatic carbocycles. The lowest BCUT2D eigenvalue weighted by Crippen LogP contribution is -2.20. The van der Waals surface area contributed by atoms with E-state index in [1.54, 1.807) is 6.92 Å². The van der Waals surface area contributed by atoms with Crippen molar-refractivity contribution in [1.82, 2.24) is 5.32 Å². The molecule has 0 heterocycles. The predicted octanol–water partition coefficient (Wildman–Crippen LogP) is 1.30. The second kappa shape index (κ2) is 5.41. The van der Waals surface area contributed by atoms with E-state index in [2.05, 4.69) is 10.1 Å². The zero-order valence-corrected chi connectivity index (χ0v) is 5.81. The second-order valence-corrected chi connectivity index (χ2v) is 1.57. The molecule has 0 bridgehead atoms. The fourth-order valence-electron chi connectivity index (χ4n) is 0.354. The van der Waals surface area contributed by atoms with E-state index in [-0.39, 0.29) is 6.09 Å². The second-order valence-electron chi connectivity index (χ2n) is 1.57. The molecule has 1 radical (unpaired) electrons. The van der Waals surface area contributed by atoms with Gasteiger partial charge in [0.2, 0.25) is 0 Å². The Labute approximate surface area is 55.4 Å². The summed E-state index contributed by atoms with van der Waals surface area (Å²) in [6, 6.07) is 0. The van der Waals surface area contributed by atoms with Crippen LogP contribution in [-0.4, -0.2) is 12.7 Å². The van der Waals surface area contributed by atoms with E-state index in [0.717, 1.165) is 6.42 Å². The number of nitrogens with one attached hydrogen (secondary N) is 1. The first-order chi connectivity index (χ1) is 4.31. The van der Waals surface area contributed by atoms with Crippen LogP contribution >= 0.6 is 0 Å². The van der Waals surface area contributed by atoms with Crippen molar-refractivity contribution in [2.45, 2.75) is 20.3 Å². The lowest BCUT2D eigenvalue weighted by atomic mass is 10.5. The maximum Gasteiger partial charge on any atom is 0.407 e. The Kier molecular flexibility index (Phi) is 4.97. The predicted molar refractivity (Wildman–Crippen MR) is 34.7 cm³/mol. The van der Waals surface area contributed by atoms with E-state index in [9.17, 15) is 4.79 Å². The third kappa shape index (κ3) is 5.14. The van der Waals surface area contributed by atoms with Gasteiger partial charge in [0.05, 0.1) is 6.61 Å². The fraction of sp³-hybridized carbons (Fsp3) is 0.667. The van der Waals surface area contributed by atoms with E-state index < -0.39 is 0 Å². The van der Waals surface area contributed by atoms with Crippen LogP contribution in [0, 0.1) is 6.54 Å². The molecular weight excluding hydrogens is 118 g/mol. The van der Waals surface area contributed by atoms with Gasteiger partial charge in [-0.1, -0.05) is 6.92 Å². The Morgan fingerprint density at radius 3 is 2.89 bits per heavy atom. The quantitative estimate of drug-likeness (QED) is 0.625. The summed E-state index contributed by atoms with van der Waals surface area (Å²) >= 11 is 0. The minimum atomic E-state index is -0.376. The van der Waals surface area contributed by atoms with Gasteiger partial charge in [-0.2, -0.15) is 0 Å². The number of rotatable bonds is 3. The summed E-state index contributed by atoms with van der Waals surface area (Å²) in [4.78, 5) is 10.4. The highest BCUT2D eigenvalue weighted by Gasteiger charge is 1.95. The SMILES string of the molecule is C[CH]NC(=O)OCCC. The monoisotopic (exact) mass is 130 g/mol. The average Bonchev–Trinajstić information content (AvgIpc) is 1.85. The largest absolute Gasteiger partial charge is 0.450 e. The van der Waals surface area contributed by atoms with Crippen molar-refractivity contribution in [2.24, 2.45) is 0 Å². The molecule has 3 heteroatoms. The Morgan fingerprint density at radius 1 is 1.78 bits per heavy atom. The van der Waals surface area contributed by atoms with Crippen molar-refractivity contribution in [1.29, 1.82) is 0 Å². The first-order valence-corrected chi connectivity index (χ1v) is 3.02. The van der Waals surface area contributed by atoms with Gasteiger partial charge in [-0.05, 0) is 13.3 Å². The molecule has 0 saturated heterocycles. The summed E-state index contributed by atoms with van der Waals surface area (Å²) in [5.74, 6) is 0. The molecule has 1 N–H and O–H groups in total. The van der Waals surface area contributed by atoms with Crippen molar-refractivity contribution in [3.05, 3.63) is 6.54 Å². The summed E-state index contributed by atoms with van der Waals surface area (Å²) in [6.07, 6.45) is 0.483. The number of hydrogen-bond donors (Lipinski definition) is 1. The van der Waals surface area contributed by atoms with Gasteiger partial charge < -0.3 is 10.1 Å². The summed E-state index contributed by atoms with van der Waals surface area (Å²) in [7, 11) is 0. The molecule has 0 fully saturated rings. The lowest BCUT2D eigenvalue weighted by molar-refractivity contribution is 0.149. The molecule has 0 aromatic heterocycles. The van der Waals surface area contributed by atoms with Gasteiger partial charge in [-0.15, -0.1) is 0 Å². The van der Waals surface area contributed by atoms with Gasteiger partial charge in [0.1, 0.15) is 0 Å². The highest BCUT2D eigenvalue weighted by Crippen LogP contribution is 1.81. The van der Waals surface area contributed by atoms with Crippen LogP contribution in [0.15, 0.2) is 0 Å². The highest BCUT2D eigenvalue weighted by atomic mass is 16.5. The van der Waals surface area contributed by atoms with Crippen molar-refractivity contribution in [2.75, 3.05) is 6.61 Å². The highest BCUT2D eigenvalue weighted by molar-refractivity contribution is 5.67. The number of ether oxygens (including phenoxy) is 1. The molecule has 53 valence electrons. The average molecular weight is 130 g/mol. The third-order valence-corrected chi connectivity index (χ3v) is 0.699. The lowest BCUT2D eigenvalue weighted by Gasteiger charge is -2.01. The number of amides is 1. The Hall–Kier alpha value is -0.730.